The highest BCUT2D eigenvalue weighted by Crippen LogP contribution is 2.33. The molecule has 1 aromatic carbocycles. The Morgan fingerprint density at radius 1 is 1.52 bits per heavy atom. The van der Waals surface area contributed by atoms with Gasteiger partial charge < -0.3 is 10.2 Å². The van der Waals surface area contributed by atoms with Crippen LogP contribution in [-0.2, 0) is 0 Å². The predicted octanol–water partition coefficient (Wildman–Crippen LogP) is 3.36. The van der Waals surface area contributed by atoms with Crippen molar-refractivity contribution in [3.63, 3.8) is 0 Å². The number of rotatable bonds is 5. The first-order valence-electron chi connectivity index (χ1n) is 7.14. The Kier molecular flexibility index (Phi) is 5.36. The van der Waals surface area contributed by atoms with Gasteiger partial charge >= 0.3 is 0 Å². The molecule has 7 heteroatoms. The molecule has 1 N–H and O–H groups in total. The lowest BCUT2D eigenvalue weighted by molar-refractivity contribution is -0.384. The minimum absolute atomic E-state index is 0.0920. The molecule has 116 valence electrons. The van der Waals surface area contributed by atoms with Crippen LogP contribution in [0.4, 0.5) is 15.8 Å². The molecular formula is C14H19ClFN3O2. The summed E-state index contributed by atoms with van der Waals surface area (Å²) in [4.78, 5) is 12.5. The number of piperidine rings is 1. The SMILES string of the molecule is CCN(CC1CCCCN1)c1cc(Cl)c(F)cc1[N+](=O)[O-]. The zero-order valence-electron chi connectivity index (χ0n) is 11.9. The van der Waals surface area contributed by atoms with E-state index in [9.17, 15) is 14.5 Å². The van der Waals surface area contributed by atoms with Gasteiger partial charge in [0.2, 0.25) is 0 Å². The first-order chi connectivity index (χ1) is 10.0. The van der Waals surface area contributed by atoms with E-state index < -0.39 is 10.7 Å². The zero-order valence-corrected chi connectivity index (χ0v) is 12.7. The standard InChI is InChI=1S/C14H19ClFN3O2/c1-2-18(9-10-5-3-4-6-17-10)13-7-11(15)12(16)8-14(13)19(20)21/h7-8,10,17H,2-6,9H2,1H3. The Morgan fingerprint density at radius 3 is 2.86 bits per heavy atom. The number of nitrogens with one attached hydrogen (secondary N) is 1. The molecule has 0 spiro atoms. The molecule has 1 unspecified atom stereocenters. The normalized spacial score (nSPS) is 18.5. The molecule has 2 rings (SSSR count). The van der Waals surface area contributed by atoms with Gasteiger partial charge in [-0.3, -0.25) is 10.1 Å². The van der Waals surface area contributed by atoms with Gasteiger partial charge in [0, 0.05) is 19.1 Å². The van der Waals surface area contributed by atoms with Crippen LogP contribution in [0.25, 0.3) is 0 Å². The third-order valence-electron chi connectivity index (χ3n) is 3.79. The van der Waals surface area contributed by atoms with E-state index in [1.54, 1.807) is 0 Å². The number of benzene rings is 1. The molecule has 0 amide bonds. The van der Waals surface area contributed by atoms with Gasteiger partial charge in [0.1, 0.15) is 11.5 Å². The lowest BCUT2D eigenvalue weighted by atomic mass is 10.0. The molecule has 5 nitrogen and oxygen atoms in total. The highest BCUT2D eigenvalue weighted by molar-refractivity contribution is 6.31. The third kappa shape index (κ3) is 3.83. The van der Waals surface area contributed by atoms with Crippen LogP contribution in [-0.4, -0.2) is 30.6 Å². The second kappa shape index (κ2) is 7.04. The number of halogens is 2. The van der Waals surface area contributed by atoms with Crippen LogP contribution >= 0.6 is 11.6 Å². The maximum absolute atomic E-state index is 13.5. The summed E-state index contributed by atoms with van der Waals surface area (Å²) < 4.78 is 13.5. The number of nitro benzene ring substituents is 1. The van der Waals surface area contributed by atoms with Crippen molar-refractivity contribution in [2.24, 2.45) is 0 Å². The fourth-order valence-corrected chi connectivity index (χ4v) is 2.83. The van der Waals surface area contributed by atoms with E-state index in [-0.39, 0.29) is 10.7 Å². The van der Waals surface area contributed by atoms with E-state index in [4.69, 9.17) is 11.6 Å². The van der Waals surface area contributed by atoms with Gasteiger partial charge in [0.15, 0.2) is 0 Å². The van der Waals surface area contributed by atoms with Crippen molar-refractivity contribution in [2.45, 2.75) is 32.2 Å². The van der Waals surface area contributed by atoms with E-state index in [0.29, 0.717) is 24.8 Å². The highest BCUT2D eigenvalue weighted by atomic mass is 35.5. The summed E-state index contributed by atoms with van der Waals surface area (Å²) in [6.45, 7) is 4.14. The Hall–Kier alpha value is -1.40. The fraction of sp³-hybridized carbons (Fsp3) is 0.571. The summed E-state index contributed by atoms with van der Waals surface area (Å²) in [6, 6.07) is 2.54. The molecule has 0 saturated carbocycles. The van der Waals surface area contributed by atoms with E-state index in [1.807, 2.05) is 11.8 Å². The molecule has 1 aliphatic heterocycles. The molecule has 1 fully saturated rings. The van der Waals surface area contributed by atoms with Crippen LogP contribution in [0.5, 0.6) is 0 Å². The van der Waals surface area contributed by atoms with Gasteiger partial charge in [0.25, 0.3) is 5.69 Å². The van der Waals surface area contributed by atoms with Gasteiger partial charge in [-0.25, -0.2) is 4.39 Å². The van der Waals surface area contributed by atoms with Crippen molar-refractivity contribution in [3.05, 3.63) is 33.1 Å². The Labute approximate surface area is 128 Å². The van der Waals surface area contributed by atoms with Crippen molar-refractivity contribution in [2.75, 3.05) is 24.5 Å². The highest BCUT2D eigenvalue weighted by Gasteiger charge is 2.24. The summed E-state index contributed by atoms with van der Waals surface area (Å²) in [6.07, 6.45) is 3.35. The van der Waals surface area contributed by atoms with E-state index in [0.717, 1.165) is 31.9 Å². The molecule has 1 aromatic rings. The number of nitro groups is 1. The lowest BCUT2D eigenvalue weighted by Crippen LogP contribution is -2.43. The van der Waals surface area contributed by atoms with Gasteiger partial charge in [-0.05, 0) is 32.4 Å². The summed E-state index contributed by atoms with van der Waals surface area (Å²) in [7, 11) is 0. The second-order valence-corrected chi connectivity index (χ2v) is 5.60. The molecular weight excluding hydrogens is 297 g/mol. The first-order valence-corrected chi connectivity index (χ1v) is 7.52. The molecule has 0 aromatic heterocycles. The van der Waals surface area contributed by atoms with Crippen LogP contribution < -0.4 is 10.2 Å². The topological polar surface area (TPSA) is 58.4 Å². The molecule has 1 saturated heterocycles. The summed E-state index contributed by atoms with van der Waals surface area (Å²) >= 11 is 5.79. The third-order valence-corrected chi connectivity index (χ3v) is 4.08. The lowest BCUT2D eigenvalue weighted by Gasteiger charge is -2.31. The largest absolute Gasteiger partial charge is 0.365 e. The monoisotopic (exact) mass is 315 g/mol. The van der Waals surface area contributed by atoms with Crippen LogP contribution in [0.3, 0.4) is 0 Å². The summed E-state index contributed by atoms with van der Waals surface area (Å²) in [5.74, 6) is -0.765. The molecule has 1 heterocycles. The number of hydrogen-bond donors (Lipinski definition) is 1. The molecule has 0 radical (unpaired) electrons. The molecule has 0 aliphatic carbocycles. The fourth-order valence-electron chi connectivity index (χ4n) is 2.67. The Morgan fingerprint density at radius 2 is 2.29 bits per heavy atom. The minimum Gasteiger partial charge on any atom is -0.365 e. The molecule has 1 aliphatic rings. The van der Waals surface area contributed by atoms with Crippen LogP contribution in [0.1, 0.15) is 26.2 Å². The molecule has 21 heavy (non-hydrogen) atoms. The van der Waals surface area contributed by atoms with E-state index in [2.05, 4.69) is 5.32 Å². The van der Waals surface area contributed by atoms with Crippen molar-refractivity contribution >= 4 is 23.0 Å². The van der Waals surface area contributed by atoms with Crippen LogP contribution in [0.15, 0.2) is 12.1 Å². The maximum atomic E-state index is 13.5. The molecule has 1 atom stereocenters. The van der Waals surface area contributed by atoms with Gasteiger partial charge in [-0.1, -0.05) is 18.0 Å². The van der Waals surface area contributed by atoms with E-state index >= 15 is 0 Å². The quantitative estimate of drug-likeness (QED) is 0.668. The average molecular weight is 316 g/mol. The molecule has 0 bridgehead atoms. The van der Waals surface area contributed by atoms with Crippen molar-refractivity contribution in [1.29, 1.82) is 0 Å². The van der Waals surface area contributed by atoms with Gasteiger partial charge in [-0.15, -0.1) is 0 Å². The second-order valence-electron chi connectivity index (χ2n) is 5.20. The zero-order chi connectivity index (χ0) is 15.4. The summed E-state index contributed by atoms with van der Waals surface area (Å²) in [5.41, 5.74) is 0.135. The Bertz CT molecular complexity index is 521. The van der Waals surface area contributed by atoms with Crippen molar-refractivity contribution in [1.82, 2.24) is 5.32 Å². The van der Waals surface area contributed by atoms with Crippen molar-refractivity contribution in [3.8, 4) is 0 Å². The van der Waals surface area contributed by atoms with Crippen LogP contribution in [0.2, 0.25) is 5.02 Å². The van der Waals surface area contributed by atoms with Crippen LogP contribution in [0, 0.1) is 15.9 Å². The average Bonchev–Trinajstić information content (AvgIpc) is 2.48. The number of anilines is 1. The summed E-state index contributed by atoms with van der Waals surface area (Å²) in [5, 5.41) is 14.5. The van der Waals surface area contributed by atoms with E-state index in [1.165, 1.54) is 6.07 Å². The smallest absolute Gasteiger partial charge is 0.295 e. The first kappa shape index (κ1) is 16.0. The van der Waals surface area contributed by atoms with Crippen molar-refractivity contribution < 1.29 is 9.31 Å². The van der Waals surface area contributed by atoms with Gasteiger partial charge in [0.05, 0.1) is 16.0 Å². The number of nitrogens with zero attached hydrogens (tertiary/aromatic N) is 2. The number of likely N-dealkylation sites (N-methyl/N-ethyl adjacent to an activating group) is 1. The maximum Gasteiger partial charge on any atom is 0.295 e. The Balaban J connectivity index is 2.27. The predicted molar refractivity (Wildman–Crippen MR) is 81.6 cm³/mol. The minimum atomic E-state index is -0.765. The number of hydrogen-bond acceptors (Lipinski definition) is 4. The van der Waals surface area contributed by atoms with Gasteiger partial charge in [-0.2, -0.15) is 0 Å².